The van der Waals surface area contributed by atoms with Gasteiger partial charge < -0.3 is 10.4 Å². The van der Waals surface area contributed by atoms with E-state index in [9.17, 15) is 13.8 Å². The van der Waals surface area contributed by atoms with Gasteiger partial charge in [-0.15, -0.1) is 0 Å². The first-order valence-corrected chi connectivity index (χ1v) is 7.30. The molecule has 106 valence electrons. The highest BCUT2D eigenvalue weighted by Crippen LogP contribution is 2.17. The summed E-state index contributed by atoms with van der Waals surface area (Å²) < 4.78 is 10.6. The molecule has 6 heteroatoms. The van der Waals surface area contributed by atoms with Gasteiger partial charge in [-0.3, -0.25) is 13.8 Å². The molecule has 5 nitrogen and oxygen atoms in total. The molecule has 0 aliphatic heterocycles. The van der Waals surface area contributed by atoms with Gasteiger partial charge in [0.25, 0.3) is 0 Å². The Balaban J connectivity index is 4.65. The maximum Gasteiger partial charge on any atom is 0.321 e. The van der Waals surface area contributed by atoms with Crippen LogP contribution in [0.2, 0.25) is 0 Å². The Morgan fingerprint density at radius 3 is 2.22 bits per heavy atom. The molecule has 0 aromatic heterocycles. The van der Waals surface area contributed by atoms with Crippen molar-refractivity contribution in [2.24, 2.45) is 0 Å². The second kappa shape index (κ2) is 6.87. The summed E-state index contributed by atoms with van der Waals surface area (Å²) in [5.41, 5.74) is 0. The average Bonchev–Trinajstić information content (AvgIpc) is 2.26. The van der Waals surface area contributed by atoms with E-state index < -0.39 is 26.8 Å². The predicted octanol–water partition coefficient (Wildman–Crippen LogP) is 1.29. The van der Waals surface area contributed by atoms with E-state index in [1.807, 2.05) is 13.8 Å². The Morgan fingerprint density at radius 2 is 1.83 bits per heavy atom. The van der Waals surface area contributed by atoms with Crippen LogP contribution >= 0.6 is 0 Å². The number of nitrogens with one attached hydrogen (secondary N) is 1. The van der Waals surface area contributed by atoms with Crippen molar-refractivity contribution in [2.45, 2.75) is 63.5 Å². The Hall–Kier alpha value is -0.910. The van der Waals surface area contributed by atoms with E-state index in [1.54, 1.807) is 0 Å². The molecule has 0 aromatic carbocycles. The van der Waals surface area contributed by atoms with Crippen LogP contribution in [0.1, 0.15) is 47.5 Å². The first-order valence-electron chi connectivity index (χ1n) is 6.09. The van der Waals surface area contributed by atoms with Crippen LogP contribution < -0.4 is 5.32 Å². The highest BCUT2D eigenvalue weighted by atomic mass is 32.2. The predicted molar refractivity (Wildman–Crippen MR) is 71.8 cm³/mol. The Morgan fingerprint density at radius 1 is 1.33 bits per heavy atom. The summed E-state index contributed by atoms with van der Waals surface area (Å²) in [6.07, 6.45) is 1.78. The monoisotopic (exact) mass is 277 g/mol. The fourth-order valence-electron chi connectivity index (χ4n) is 1.49. The van der Waals surface area contributed by atoms with Crippen molar-refractivity contribution in [3.05, 3.63) is 0 Å². The van der Waals surface area contributed by atoms with Crippen molar-refractivity contribution in [1.82, 2.24) is 5.32 Å². The SMILES string of the molecule is CCCC(C)NC(=O)C(C)S(=O)C(C)(C)C(=O)O. The molecule has 2 N–H and O–H groups in total. The van der Waals surface area contributed by atoms with Gasteiger partial charge in [0, 0.05) is 6.04 Å². The van der Waals surface area contributed by atoms with Gasteiger partial charge in [-0.05, 0) is 34.1 Å². The third-order valence-corrected chi connectivity index (χ3v) is 4.86. The third kappa shape index (κ3) is 4.40. The Labute approximate surface area is 111 Å². The zero-order valence-electron chi connectivity index (χ0n) is 11.6. The highest BCUT2D eigenvalue weighted by Gasteiger charge is 2.39. The number of hydrogen-bond acceptors (Lipinski definition) is 3. The normalized spacial score (nSPS) is 16.7. The lowest BCUT2D eigenvalue weighted by Gasteiger charge is -2.24. The lowest BCUT2D eigenvalue weighted by molar-refractivity contribution is -0.139. The molecular formula is C12H23NO4S. The Bertz CT molecular complexity index is 341. The number of aliphatic carboxylic acids is 1. The van der Waals surface area contributed by atoms with Gasteiger partial charge in [0.15, 0.2) is 0 Å². The number of hydrogen-bond donors (Lipinski definition) is 2. The second-order valence-electron chi connectivity index (χ2n) is 4.95. The van der Waals surface area contributed by atoms with Crippen LogP contribution in [0.4, 0.5) is 0 Å². The zero-order chi connectivity index (χ0) is 14.5. The molecule has 0 bridgehead atoms. The van der Waals surface area contributed by atoms with E-state index in [0.717, 1.165) is 12.8 Å². The minimum absolute atomic E-state index is 0.00916. The summed E-state index contributed by atoms with van der Waals surface area (Å²) >= 11 is 0. The molecule has 3 unspecified atom stereocenters. The largest absolute Gasteiger partial charge is 0.480 e. The van der Waals surface area contributed by atoms with Gasteiger partial charge in [-0.25, -0.2) is 0 Å². The smallest absolute Gasteiger partial charge is 0.321 e. The molecule has 0 aromatic rings. The summed E-state index contributed by atoms with van der Waals surface area (Å²) in [4.78, 5) is 22.8. The van der Waals surface area contributed by atoms with Gasteiger partial charge >= 0.3 is 5.97 Å². The third-order valence-electron chi connectivity index (χ3n) is 2.82. The number of carboxylic acids is 1. The van der Waals surface area contributed by atoms with Gasteiger partial charge in [0.1, 0.15) is 10.00 Å². The minimum atomic E-state index is -1.77. The van der Waals surface area contributed by atoms with Crippen LogP contribution in [0, 0.1) is 0 Å². The van der Waals surface area contributed by atoms with Crippen LogP contribution in [0.15, 0.2) is 0 Å². The van der Waals surface area contributed by atoms with Gasteiger partial charge in [0.05, 0.1) is 10.8 Å². The van der Waals surface area contributed by atoms with E-state index in [0.29, 0.717) is 0 Å². The molecule has 0 radical (unpaired) electrons. The van der Waals surface area contributed by atoms with Crippen LogP contribution in [0.25, 0.3) is 0 Å². The van der Waals surface area contributed by atoms with Gasteiger partial charge in [-0.1, -0.05) is 13.3 Å². The molecular weight excluding hydrogens is 254 g/mol. The molecule has 0 saturated heterocycles. The number of rotatable bonds is 7. The van der Waals surface area contributed by atoms with Crippen LogP contribution in [-0.4, -0.2) is 37.2 Å². The number of carbonyl (C=O) groups is 2. The maximum absolute atomic E-state index is 12.1. The first-order chi connectivity index (χ1) is 8.14. The van der Waals surface area contributed by atoms with Gasteiger partial charge in [-0.2, -0.15) is 0 Å². The van der Waals surface area contributed by atoms with E-state index in [-0.39, 0.29) is 11.9 Å². The number of carboxylic acid groups (broad SMARTS) is 1. The molecule has 0 spiro atoms. The zero-order valence-corrected chi connectivity index (χ0v) is 12.5. The van der Waals surface area contributed by atoms with Gasteiger partial charge in [0.2, 0.25) is 5.91 Å². The maximum atomic E-state index is 12.1. The van der Waals surface area contributed by atoms with Crippen LogP contribution in [0.5, 0.6) is 0 Å². The van der Waals surface area contributed by atoms with Crippen molar-refractivity contribution in [2.75, 3.05) is 0 Å². The van der Waals surface area contributed by atoms with Crippen molar-refractivity contribution in [1.29, 1.82) is 0 Å². The molecule has 0 saturated carbocycles. The van der Waals surface area contributed by atoms with Crippen molar-refractivity contribution in [3.63, 3.8) is 0 Å². The van der Waals surface area contributed by atoms with E-state index in [2.05, 4.69) is 5.32 Å². The summed E-state index contributed by atoms with van der Waals surface area (Å²) in [5.74, 6) is -1.52. The molecule has 3 atom stereocenters. The molecule has 0 rings (SSSR count). The molecule has 18 heavy (non-hydrogen) atoms. The van der Waals surface area contributed by atoms with Crippen molar-refractivity contribution in [3.8, 4) is 0 Å². The van der Waals surface area contributed by atoms with Crippen molar-refractivity contribution < 1.29 is 18.9 Å². The summed E-state index contributed by atoms with van der Waals surface area (Å²) in [6, 6.07) is 0.00916. The summed E-state index contributed by atoms with van der Waals surface area (Å²) in [7, 11) is -1.77. The molecule has 0 aliphatic rings. The lowest BCUT2D eigenvalue weighted by Crippen LogP contribution is -2.48. The number of amides is 1. The van der Waals surface area contributed by atoms with E-state index in [4.69, 9.17) is 5.11 Å². The van der Waals surface area contributed by atoms with Crippen molar-refractivity contribution >= 4 is 22.7 Å². The highest BCUT2D eigenvalue weighted by molar-refractivity contribution is 7.88. The van der Waals surface area contributed by atoms with E-state index >= 15 is 0 Å². The summed E-state index contributed by atoms with van der Waals surface area (Å²) in [6.45, 7) is 8.11. The molecule has 1 amide bonds. The average molecular weight is 277 g/mol. The van der Waals surface area contributed by atoms with Crippen LogP contribution in [0.3, 0.4) is 0 Å². The number of carbonyl (C=O) groups excluding carboxylic acids is 1. The van der Waals surface area contributed by atoms with Crippen LogP contribution in [-0.2, 0) is 20.4 Å². The molecule has 0 fully saturated rings. The van der Waals surface area contributed by atoms with E-state index in [1.165, 1.54) is 20.8 Å². The molecule has 0 heterocycles. The first kappa shape index (κ1) is 17.1. The standard InChI is InChI=1S/C12H23NO4S/c1-6-7-8(2)13-10(14)9(3)18(17)12(4,5)11(15)16/h8-9H,6-7H2,1-5H3,(H,13,14)(H,15,16). The summed E-state index contributed by atoms with van der Waals surface area (Å²) in [5, 5.41) is 10.9. The lowest BCUT2D eigenvalue weighted by atomic mass is 10.2. The Kier molecular flexibility index (Phi) is 6.52. The fourth-order valence-corrected chi connectivity index (χ4v) is 2.81. The second-order valence-corrected chi connectivity index (χ2v) is 7.28. The molecule has 0 aliphatic carbocycles. The topological polar surface area (TPSA) is 83.5 Å². The minimum Gasteiger partial charge on any atom is -0.480 e. The fraction of sp³-hybridized carbons (Fsp3) is 0.833. The quantitative estimate of drug-likeness (QED) is 0.734.